The smallest absolute Gasteiger partial charge is 0.257 e. The lowest BCUT2D eigenvalue weighted by molar-refractivity contribution is 0.0771. The molecule has 116 valence electrons. The van der Waals surface area contributed by atoms with E-state index in [4.69, 9.17) is 4.74 Å². The summed E-state index contributed by atoms with van der Waals surface area (Å²) >= 11 is 0. The molecule has 5 nitrogen and oxygen atoms in total. The molecule has 1 aliphatic rings. The van der Waals surface area contributed by atoms with Crippen molar-refractivity contribution in [3.8, 4) is 0 Å². The Bertz CT molecular complexity index is 496. The molecule has 1 aliphatic heterocycles. The van der Waals surface area contributed by atoms with Gasteiger partial charge in [-0.05, 0) is 18.9 Å². The van der Waals surface area contributed by atoms with Gasteiger partial charge in [0.2, 0.25) is 0 Å². The van der Waals surface area contributed by atoms with Crippen molar-refractivity contribution in [2.45, 2.75) is 19.8 Å². The van der Waals surface area contributed by atoms with Crippen LogP contribution in [0.15, 0.2) is 12.3 Å². The van der Waals surface area contributed by atoms with Crippen LogP contribution in [-0.2, 0) is 4.74 Å². The number of halogens is 1. The number of hydrogen-bond donors (Lipinski definition) is 1. The van der Waals surface area contributed by atoms with Crippen molar-refractivity contribution in [2.24, 2.45) is 5.92 Å². The Kier molecular flexibility index (Phi) is 5.50. The predicted molar refractivity (Wildman–Crippen MR) is 78.9 cm³/mol. The minimum absolute atomic E-state index is 0.0849. The van der Waals surface area contributed by atoms with E-state index in [1.165, 1.54) is 12.3 Å². The van der Waals surface area contributed by atoms with Gasteiger partial charge in [0.15, 0.2) is 11.6 Å². The fourth-order valence-electron chi connectivity index (χ4n) is 2.53. The number of methoxy groups -OCH3 is 1. The molecule has 1 amide bonds. The summed E-state index contributed by atoms with van der Waals surface area (Å²) < 4.78 is 19.5. The van der Waals surface area contributed by atoms with Crippen LogP contribution in [0.1, 0.15) is 30.1 Å². The van der Waals surface area contributed by atoms with Gasteiger partial charge in [0.05, 0.1) is 12.2 Å². The van der Waals surface area contributed by atoms with Crippen LogP contribution in [0.25, 0.3) is 0 Å². The van der Waals surface area contributed by atoms with Crippen LogP contribution in [0.4, 0.5) is 10.2 Å². The number of carbonyl (C=O) groups excluding carboxylic acids is 1. The lowest BCUT2D eigenvalue weighted by atomic mass is 10.1. The summed E-state index contributed by atoms with van der Waals surface area (Å²) in [6.07, 6.45) is 3.23. The van der Waals surface area contributed by atoms with Gasteiger partial charge in [-0.1, -0.05) is 6.92 Å². The van der Waals surface area contributed by atoms with Gasteiger partial charge in [-0.25, -0.2) is 9.37 Å². The first kappa shape index (κ1) is 15.7. The van der Waals surface area contributed by atoms with Crippen molar-refractivity contribution in [1.29, 1.82) is 0 Å². The summed E-state index contributed by atoms with van der Waals surface area (Å²) in [6.45, 7) is 4.51. The fourth-order valence-corrected chi connectivity index (χ4v) is 2.53. The second kappa shape index (κ2) is 7.36. The Hall–Kier alpha value is -1.69. The van der Waals surface area contributed by atoms with E-state index in [1.54, 1.807) is 12.0 Å². The van der Waals surface area contributed by atoms with Crippen LogP contribution in [0.5, 0.6) is 0 Å². The summed E-state index contributed by atoms with van der Waals surface area (Å²) in [6, 6.07) is 1.44. The van der Waals surface area contributed by atoms with Crippen LogP contribution in [-0.4, -0.2) is 49.1 Å². The maximum absolute atomic E-state index is 14.3. The second-order valence-electron chi connectivity index (χ2n) is 5.31. The molecule has 0 aliphatic carbocycles. The molecule has 1 aromatic rings. The first-order valence-electron chi connectivity index (χ1n) is 7.34. The van der Waals surface area contributed by atoms with Crippen molar-refractivity contribution in [2.75, 3.05) is 38.7 Å². The Balaban J connectivity index is 2.09. The Morgan fingerprint density at radius 3 is 3.14 bits per heavy atom. The van der Waals surface area contributed by atoms with Gasteiger partial charge in [0, 0.05) is 38.9 Å². The van der Waals surface area contributed by atoms with E-state index >= 15 is 0 Å². The summed E-state index contributed by atoms with van der Waals surface area (Å²) in [4.78, 5) is 18.1. The molecule has 2 rings (SSSR count). The van der Waals surface area contributed by atoms with Crippen molar-refractivity contribution in [3.05, 3.63) is 23.6 Å². The van der Waals surface area contributed by atoms with E-state index in [2.05, 4.69) is 10.3 Å². The number of hydrogen-bond acceptors (Lipinski definition) is 4. The molecule has 1 unspecified atom stereocenters. The SMILES string of the molecule is CCCNc1nccc(C(=O)N2CCC(COC)C2)c1F. The van der Waals surface area contributed by atoms with Crippen LogP contribution in [0.3, 0.4) is 0 Å². The number of aromatic nitrogens is 1. The van der Waals surface area contributed by atoms with Crippen molar-refractivity contribution in [3.63, 3.8) is 0 Å². The number of pyridine rings is 1. The lowest BCUT2D eigenvalue weighted by Gasteiger charge is -2.17. The average molecular weight is 295 g/mol. The third-order valence-electron chi connectivity index (χ3n) is 3.64. The van der Waals surface area contributed by atoms with Gasteiger partial charge >= 0.3 is 0 Å². The van der Waals surface area contributed by atoms with Crippen LogP contribution >= 0.6 is 0 Å². The first-order chi connectivity index (χ1) is 10.2. The van der Waals surface area contributed by atoms with Crippen molar-refractivity contribution >= 4 is 11.7 Å². The zero-order chi connectivity index (χ0) is 15.2. The van der Waals surface area contributed by atoms with Gasteiger partial charge in [-0.15, -0.1) is 0 Å². The lowest BCUT2D eigenvalue weighted by Crippen LogP contribution is -2.30. The average Bonchev–Trinajstić information content (AvgIpc) is 2.94. The minimum Gasteiger partial charge on any atom is -0.384 e. The summed E-state index contributed by atoms with van der Waals surface area (Å²) in [5.74, 6) is -0.351. The third-order valence-corrected chi connectivity index (χ3v) is 3.64. The largest absolute Gasteiger partial charge is 0.384 e. The third kappa shape index (κ3) is 3.69. The van der Waals surface area contributed by atoms with Crippen LogP contribution in [0, 0.1) is 11.7 Å². The standard InChI is InChI=1S/C15H22FN3O2/c1-3-6-17-14-13(16)12(4-7-18-14)15(20)19-8-5-11(9-19)10-21-2/h4,7,11H,3,5-6,8-10H2,1-2H3,(H,17,18). The molecule has 1 aromatic heterocycles. The number of rotatable bonds is 6. The zero-order valence-corrected chi connectivity index (χ0v) is 12.6. The molecule has 2 heterocycles. The monoisotopic (exact) mass is 295 g/mol. The molecule has 1 atom stereocenters. The van der Waals surface area contributed by atoms with Gasteiger partial charge in [-0.2, -0.15) is 0 Å². The number of amides is 1. The Morgan fingerprint density at radius 2 is 2.43 bits per heavy atom. The van der Waals surface area contributed by atoms with E-state index in [0.29, 0.717) is 32.2 Å². The maximum Gasteiger partial charge on any atom is 0.257 e. The minimum atomic E-state index is -0.564. The van der Waals surface area contributed by atoms with Gasteiger partial charge in [0.1, 0.15) is 0 Å². The molecule has 0 aromatic carbocycles. The Morgan fingerprint density at radius 1 is 1.62 bits per heavy atom. The number of nitrogens with one attached hydrogen (secondary N) is 1. The van der Waals surface area contributed by atoms with Crippen LogP contribution in [0.2, 0.25) is 0 Å². The highest BCUT2D eigenvalue weighted by Gasteiger charge is 2.29. The molecular weight excluding hydrogens is 273 g/mol. The number of nitrogens with zero attached hydrogens (tertiary/aromatic N) is 2. The van der Waals surface area contributed by atoms with E-state index in [0.717, 1.165) is 12.8 Å². The second-order valence-corrected chi connectivity index (χ2v) is 5.31. The topological polar surface area (TPSA) is 54.5 Å². The van der Waals surface area contributed by atoms with Gasteiger partial charge in [-0.3, -0.25) is 4.79 Å². The van der Waals surface area contributed by atoms with Crippen molar-refractivity contribution in [1.82, 2.24) is 9.88 Å². The zero-order valence-electron chi connectivity index (χ0n) is 12.6. The molecule has 1 N–H and O–H groups in total. The van der Waals surface area contributed by atoms with E-state index in [-0.39, 0.29) is 17.3 Å². The van der Waals surface area contributed by atoms with Gasteiger partial charge in [0.25, 0.3) is 5.91 Å². The highest BCUT2D eigenvalue weighted by Crippen LogP contribution is 2.22. The molecule has 1 fully saturated rings. The first-order valence-corrected chi connectivity index (χ1v) is 7.34. The molecule has 21 heavy (non-hydrogen) atoms. The quantitative estimate of drug-likeness (QED) is 0.873. The number of carbonyl (C=O) groups is 1. The molecular formula is C15H22FN3O2. The Labute approximate surface area is 124 Å². The van der Waals surface area contributed by atoms with Crippen LogP contribution < -0.4 is 5.32 Å². The molecule has 0 bridgehead atoms. The number of ether oxygens (including phenoxy) is 1. The normalized spacial score (nSPS) is 18.0. The summed E-state index contributed by atoms with van der Waals surface area (Å²) in [7, 11) is 1.65. The summed E-state index contributed by atoms with van der Waals surface area (Å²) in [5.41, 5.74) is 0.0849. The van der Waals surface area contributed by atoms with E-state index in [1.807, 2.05) is 6.92 Å². The van der Waals surface area contributed by atoms with Gasteiger partial charge < -0.3 is 15.0 Å². The molecule has 0 radical (unpaired) electrons. The fraction of sp³-hybridized carbons (Fsp3) is 0.600. The predicted octanol–water partition coefficient (Wildman–Crippen LogP) is 2.15. The van der Waals surface area contributed by atoms with Crippen molar-refractivity contribution < 1.29 is 13.9 Å². The highest BCUT2D eigenvalue weighted by atomic mass is 19.1. The van der Waals surface area contributed by atoms with E-state index < -0.39 is 5.82 Å². The number of likely N-dealkylation sites (tertiary alicyclic amines) is 1. The highest BCUT2D eigenvalue weighted by molar-refractivity contribution is 5.95. The molecule has 6 heteroatoms. The molecule has 0 saturated carbocycles. The summed E-state index contributed by atoms with van der Waals surface area (Å²) in [5, 5.41) is 2.90. The van der Waals surface area contributed by atoms with E-state index in [9.17, 15) is 9.18 Å². The molecule has 0 spiro atoms. The molecule has 1 saturated heterocycles. The number of anilines is 1. The maximum atomic E-state index is 14.3.